The summed E-state index contributed by atoms with van der Waals surface area (Å²) in [6.07, 6.45) is 13.7. The lowest BCUT2D eigenvalue weighted by Crippen LogP contribution is -2.55. The lowest BCUT2D eigenvalue weighted by molar-refractivity contribution is -0.129. The molecule has 0 saturated heterocycles. The van der Waals surface area contributed by atoms with Crippen molar-refractivity contribution in [1.82, 2.24) is 0 Å². The Bertz CT molecular complexity index is 676. The van der Waals surface area contributed by atoms with Crippen molar-refractivity contribution >= 4 is 5.78 Å². The van der Waals surface area contributed by atoms with Gasteiger partial charge in [-0.15, -0.1) is 0 Å². The topological polar surface area (TPSA) is 37.3 Å². The summed E-state index contributed by atoms with van der Waals surface area (Å²) in [6, 6.07) is 0. The van der Waals surface area contributed by atoms with Gasteiger partial charge in [0.1, 0.15) is 0 Å². The van der Waals surface area contributed by atoms with Gasteiger partial charge in [-0.3, -0.25) is 4.79 Å². The van der Waals surface area contributed by atoms with E-state index in [9.17, 15) is 9.90 Å². The minimum absolute atomic E-state index is 0.0598. The monoisotopic (exact) mass is 370 g/mol. The van der Waals surface area contributed by atoms with E-state index in [1.54, 1.807) is 0 Å². The number of fused-ring (bicyclic) bond motifs is 5. The maximum atomic E-state index is 12.1. The van der Waals surface area contributed by atoms with Crippen molar-refractivity contribution in [2.24, 2.45) is 28.6 Å². The Hall–Kier alpha value is -0.890. The molecule has 4 rings (SSSR count). The molecule has 4 aliphatic rings. The predicted molar refractivity (Wildman–Crippen MR) is 110 cm³/mol. The minimum atomic E-state index is -0.474. The fraction of sp³-hybridized carbons (Fsp3) is 0.800. The van der Waals surface area contributed by atoms with E-state index < -0.39 is 5.60 Å². The highest BCUT2D eigenvalue weighted by Gasteiger charge is 2.63. The van der Waals surface area contributed by atoms with Crippen LogP contribution in [0, 0.1) is 28.6 Å². The molecule has 3 saturated carbocycles. The quantitative estimate of drug-likeness (QED) is 0.617. The number of carbonyl (C=O) groups excluding carboxylic acids is 1. The lowest BCUT2D eigenvalue weighted by Gasteiger charge is -2.59. The van der Waals surface area contributed by atoms with Crippen LogP contribution in [-0.4, -0.2) is 16.5 Å². The summed E-state index contributed by atoms with van der Waals surface area (Å²) in [4.78, 5) is 12.1. The van der Waals surface area contributed by atoms with Crippen molar-refractivity contribution in [3.8, 4) is 0 Å². The Labute approximate surface area is 165 Å². The molecular weight excluding hydrogens is 332 g/mol. The SMILES string of the molecule is C=C1C[C@@H]2[C@@H](CC[C@@]3(C)[C@H]2CCC3(O)CCCCC)[C@@]2(C)CCC(=O)C=C12. The van der Waals surface area contributed by atoms with Crippen LogP contribution in [0.3, 0.4) is 0 Å². The molecule has 0 bridgehead atoms. The van der Waals surface area contributed by atoms with Gasteiger partial charge in [0.25, 0.3) is 0 Å². The van der Waals surface area contributed by atoms with Crippen LogP contribution in [0.1, 0.15) is 91.4 Å². The standard InChI is InChI=1S/C25H38O2/c1-5-6-7-11-25(27)14-10-21-19-15-17(2)22-16-18(26)8-12-23(22,3)20(19)9-13-24(21,25)4/h16,19-21,27H,2,5-15H2,1,3-4H3/t19-,20-,21+,23-,24+,25?/m1/s1. The largest absolute Gasteiger partial charge is 0.389 e. The van der Waals surface area contributed by atoms with Gasteiger partial charge in [0.05, 0.1) is 5.60 Å². The number of unbranched alkanes of at least 4 members (excludes halogenated alkanes) is 2. The Balaban J connectivity index is 1.63. The van der Waals surface area contributed by atoms with Crippen LogP contribution in [0.4, 0.5) is 0 Å². The molecule has 2 heteroatoms. The zero-order valence-electron chi connectivity index (χ0n) is 17.7. The average molecular weight is 371 g/mol. The lowest BCUT2D eigenvalue weighted by atomic mass is 9.45. The Morgan fingerprint density at radius 1 is 1.15 bits per heavy atom. The van der Waals surface area contributed by atoms with Crippen molar-refractivity contribution in [3.63, 3.8) is 0 Å². The Morgan fingerprint density at radius 3 is 2.63 bits per heavy atom. The van der Waals surface area contributed by atoms with Crippen molar-refractivity contribution in [1.29, 1.82) is 0 Å². The van der Waals surface area contributed by atoms with E-state index in [4.69, 9.17) is 0 Å². The minimum Gasteiger partial charge on any atom is -0.389 e. The van der Waals surface area contributed by atoms with Gasteiger partial charge in [0.15, 0.2) is 5.78 Å². The first-order valence-electron chi connectivity index (χ1n) is 11.4. The van der Waals surface area contributed by atoms with E-state index in [0.717, 1.165) is 38.5 Å². The molecule has 1 N–H and O–H groups in total. The smallest absolute Gasteiger partial charge is 0.156 e. The van der Waals surface area contributed by atoms with Crippen molar-refractivity contribution in [3.05, 3.63) is 23.8 Å². The van der Waals surface area contributed by atoms with Gasteiger partial charge >= 0.3 is 0 Å². The molecule has 6 atom stereocenters. The third kappa shape index (κ3) is 2.73. The number of carbonyl (C=O) groups is 1. The first-order valence-corrected chi connectivity index (χ1v) is 11.4. The summed E-state index contributed by atoms with van der Waals surface area (Å²) in [5.41, 5.74) is 2.18. The molecule has 3 fully saturated rings. The van der Waals surface area contributed by atoms with Crippen molar-refractivity contribution < 1.29 is 9.90 Å². The summed E-state index contributed by atoms with van der Waals surface area (Å²) in [7, 11) is 0. The van der Waals surface area contributed by atoms with E-state index in [1.807, 2.05) is 6.08 Å². The van der Waals surface area contributed by atoms with Gasteiger partial charge in [-0.05, 0) is 85.2 Å². The molecule has 1 unspecified atom stereocenters. The Morgan fingerprint density at radius 2 is 1.89 bits per heavy atom. The van der Waals surface area contributed by atoms with Gasteiger partial charge < -0.3 is 5.11 Å². The third-order valence-electron chi connectivity index (χ3n) is 9.45. The van der Waals surface area contributed by atoms with E-state index in [2.05, 4.69) is 27.4 Å². The second kappa shape index (κ2) is 6.58. The van der Waals surface area contributed by atoms with Crippen LogP contribution in [0.25, 0.3) is 0 Å². The van der Waals surface area contributed by atoms with Gasteiger partial charge in [-0.1, -0.05) is 52.2 Å². The molecular formula is C25H38O2. The fourth-order valence-corrected chi connectivity index (χ4v) is 7.75. The summed E-state index contributed by atoms with van der Waals surface area (Å²) in [5, 5.41) is 11.7. The summed E-state index contributed by atoms with van der Waals surface area (Å²) in [5.74, 6) is 2.18. The number of hydrogen-bond donors (Lipinski definition) is 1. The van der Waals surface area contributed by atoms with Gasteiger partial charge in [-0.2, -0.15) is 0 Å². The number of ketones is 1. The van der Waals surface area contributed by atoms with E-state index in [-0.39, 0.29) is 16.6 Å². The van der Waals surface area contributed by atoms with Crippen LogP contribution < -0.4 is 0 Å². The fourth-order valence-electron chi connectivity index (χ4n) is 7.75. The number of hydrogen-bond acceptors (Lipinski definition) is 2. The number of rotatable bonds is 4. The maximum absolute atomic E-state index is 12.1. The van der Waals surface area contributed by atoms with Gasteiger partial charge in [-0.25, -0.2) is 0 Å². The summed E-state index contributed by atoms with van der Waals surface area (Å²) >= 11 is 0. The zero-order chi connectivity index (χ0) is 19.4. The average Bonchev–Trinajstić information content (AvgIpc) is 2.89. The van der Waals surface area contributed by atoms with Crippen LogP contribution in [0.2, 0.25) is 0 Å². The number of allylic oxidation sites excluding steroid dienone is 2. The normalized spacial score (nSPS) is 46.5. The molecule has 0 heterocycles. The second-order valence-electron chi connectivity index (χ2n) is 10.6. The molecule has 150 valence electrons. The second-order valence-corrected chi connectivity index (χ2v) is 10.6. The van der Waals surface area contributed by atoms with Crippen LogP contribution >= 0.6 is 0 Å². The highest BCUT2D eigenvalue weighted by atomic mass is 16.3. The molecule has 0 aliphatic heterocycles. The predicted octanol–water partition coefficient (Wildman–Crippen LogP) is 6.00. The molecule has 0 radical (unpaired) electrons. The molecule has 4 aliphatic carbocycles. The molecule has 27 heavy (non-hydrogen) atoms. The first kappa shape index (κ1) is 19.4. The van der Waals surface area contributed by atoms with Crippen LogP contribution in [-0.2, 0) is 4.79 Å². The zero-order valence-corrected chi connectivity index (χ0v) is 17.7. The summed E-state index contributed by atoms with van der Waals surface area (Å²) in [6.45, 7) is 11.5. The molecule has 0 amide bonds. The van der Waals surface area contributed by atoms with Crippen LogP contribution in [0.5, 0.6) is 0 Å². The van der Waals surface area contributed by atoms with Gasteiger partial charge in [0, 0.05) is 6.42 Å². The molecule has 2 nitrogen and oxygen atoms in total. The third-order valence-corrected chi connectivity index (χ3v) is 9.45. The first-order chi connectivity index (χ1) is 12.7. The van der Waals surface area contributed by atoms with E-state index in [0.29, 0.717) is 24.2 Å². The van der Waals surface area contributed by atoms with Gasteiger partial charge in [0.2, 0.25) is 0 Å². The molecule has 0 aromatic heterocycles. The Kier molecular flexibility index (Phi) is 4.73. The van der Waals surface area contributed by atoms with E-state index in [1.165, 1.54) is 36.8 Å². The van der Waals surface area contributed by atoms with Crippen LogP contribution in [0.15, 0.2) is 23.8 Å². The highest BCUT2D eigenvalue weighted by molar-refractivity contribution is 5.92. The molecule has 0 aromatic rings. The molecule has 0 spiro atoms. The molecule has 0 aromatic carbocycles. The number of aliphatic hydroxyl groups is 1. The highest BCUT2D eigenvalue weighted by Crippen LogP contribution is 2.68. The van der Waals surface area contributed by atoms with Crippen molar-refractivity contribution in [2.45, 2.75) is 97.0 Å². The van der Waals surface area contributed by atoms with E-state index >= 15 is 0 Å². The summed E-state index contributed by atoms with van der Waals surface area (Å²) < 4.78 is 0. The maximum Gasteiger partial charge on any atom is 0.156 e. The van der Waals surface area contributed by atoms with Crippen molar-refractivity contribution in [2.75, 3.05) is 0 Å².